The monoisotopic (exact) mass is 349 g/mol. The fourth-order valence-corrected chi connectivity index (χ4v) is 7.95. The SMILES string of the molecule is CCCC[P+](c1ccccc1)(c1ccccc1)c1cccc(OC)c1. The quantitative estimate of drug-likeness (QED) is 0.557. The zero-order valence-corrected chi connectivity index (χ0v) is 16.0. The highest BCUT2D eigenvalue weighted by Gasteiger charge is 2.44. The molecule has 0 bridgehead atoms. The summed E-state index contributed by atoms with van der Waals surface area (Å²) in [6, 6.07) is 30.8. The van der Waals surface area contributed by atoms with Crippen molar-refractivity contribution in [3.8, 4) is 5.75 Å². The van der Waals surface area contributed by atoms with Gasteiger partial charge in [-0.1, -0.05) is 55.8 Å². The van der Waals surface area contributed by atoms with Crippen LogP contribution in [0.25, 0.3) is 0 Å². The first kappa shape index (κ1) is 17.7. The molecule has 0 atom stereocenters. The van der Waals surface area contributed by atoms with Gasteiger partial charge in [-0.25, -0.2) is 0 Å². The molecule has 0 saturated carbocycles. The maximum absolute atomic E-state index is 5.54. The molecule has 0 amide bonds. The van der Waals surface area contributed by atoms with Crippen LogP contribution in [0.15, 0.2) is 84.9 Å². The van der Waals surface area contributed by atoms with E-state index in [0.29, 0.717) is 0 Å². The van der Waals surface area contributed by atoms with Crippen LogP contribution >= 0.6 is 7.26 Å². The molecule has 0 heterocycles. The Morgan fingerprint density at radius 1 is 0.720 bits per heavy atom. The highest BCUT2D eigenvalue weighted by molar-refractivity contribution is 7.95. The molecule has 128 valence electrons. The Morgan fingerprint density at radius 2 is 1.28 bits per heavy atom. The summed E-state index contributed by atoms with van der Waals surface area (Å²) in [6.45, 7) is 2.27. The lowest BCUT2D eigenvalue weighted by atomic mass is 10.3. The third-order valence-corrected chi connectivity index (χ3v) is 9.24. The van der Waals surface area contributed by atoms with Gasteiger partial charge in [-0.05, 0) is 42.8 Å². The van der Waals surface area contributed by atoms with Gasteiger partial charge in [-0.3, -0.25) is 0 Å². The zero-order valence-electron chi connectivity index (χ0n) is 15.1. The van der Waals surface area contributed by atoms with Crippen molar-refractivity contribution in [1.82, 2.24) is 0 Å². The van der Waals surface area contributed by atoms with Gasteiger partial charge in [0.2, 0.25) is 0 Å². The molecule has 0 aromatic heterocycles. The summed E-state index contributed by atoms with van der Waals surface area (Å²) in [5, 5.41) is 4.29. The van der Waals surface area contributed by atoms with Gasteiger partial charge >= 0.3 is 0 Å². The summed E-state index contributed by atoms with van der Waals surface area (Å²) in [7, 11) is 0.0564. The third-order valence-electron chi connectivity index (χ3n) is 4.74. The second kappa shape index (κ2) is 8.32. The number of ether oxygens (including phenoxy) is 1. The second-order valence-electron chi connectivity index (χ2n) is 6.26. The predicted molar refractivity (Wildman–Crippen MR) is 111 cm³/mol. The molecule has 2 heteroatoms. The van der Waals surface area contributed by atoms with Gasteiger partial charge in [-0.2, -0.15) is 0 Å². The van der Waals surface area contributed by atoms with Gasteiger partial charge in [0.05, 0.1) is 13.3 Å². The molecule has 3 aromatic rings. The Labute approximate surface area is 152 Å². The van der Waals surface area contributed by atoms with E-state index < -0.39 is 7.26 Å². The van der Waals surface area contributed by atoms with E-state index in [4.69, 9.17) is 4.74 Å². The van der Waals surface area contributed by atoms with Crippen molar-refractivity contribution in [3.05, 3.63) is 84.9 Å². The fraction of sp³-hybridized carbons (Fsp3) is 0.217. The molecule has 0 N–H and O–H groups in total. The lowest BCUT2D eigenvalue weighted by molar-refractivity contribution is 0.415. The number of benzene rings is 3. The minimum absolute atomic E-state index is 0.935. The maximum Gasteiger partial charge on any atom is 0.122 e. The van der Waals surface area contributed by atoms with Crippen LogP contribution in [-0.2, 0) is 0 Å². The summed E-state index contributed by atoms with van der Waals surface area (Å²) in [4.78, 5) is 0. The minimum atomic E-state index is -1.69. The van der Waals surface area contributed by atoms with Gasteiger partial charge in [0.25, 0.3) is 0 Å². The molecule has 0 radical (unpaired) electrons. The molecule has 1 nitrogen and oxygen atoms in total. The lowest BCUT2D eigenvalue weighted by Gasteiger charge is -2.27. The van der Waals surface area contributed by atoms with Crippen LogP contribution < -0.4 is 20.7 Å². The molecule has 0 spiro atoms. The Bertz CT molecular complexity index is 744. The molecular weight excluding hydrogens is 323 g/mol. The molecule has 0 aliphatic heterocycles. The summed E-state index contributed by atoms with van der Waals surface area (Å²) < 4.78 is 5.54. The molecule has 3 rings (SSSR count). The Morgan fingerprint density at radius 3 is 1.80 bits per heavy atom. The van der Waals surface area contributed by atoms with E-state index in [1.54, 1.807) is 7.11 Å². The summed E-state index contributed by atoms with van der Waals surface area (Å²) in [5.41, 5.74) is 0. The normalized spacial score (nSPS) is 11.3. The summed E-state index contributed by atoms with van der Waals surface area (Å²) in [6.07, 6.45) is 3.60. The van der Waals surface area contributed by atoms with Crippen molar-refractivity contribution in [2.45, 2.75) is 19.8 Å². The topological polar surface area (TPSA) is 9.23 Å². The van der Waals surface area contributed by atoms with Crippen molar-refractivity contribution in [3.63, 3.8) is 0 Å². The molecule has 0 unspecified atom stereocenters. The Balaban J connectivity index is 2.27. The summed E-state index contributed by atoms with van der Waals surface area (Å²) in [5.74, 6) is 0.935. The van der Waals surface area contributed by atoms with Gasteiger partial charge < -0.3 is 4.74 Å². The van der Waals surface area contributed by atoms with E-state index in [1.165, 1.54) is 34.9 Å². The predicted octanol–water partition coefficient (Wildman–Crippen LogP) is 4.79. The molecular formula is C23H26OP+. The van der Waals surface area contributed by atoms with E-state index in [-0.39, 0.29) is 0 Å². The lowest BCUT2D eigenvalue weighted by Crippen LogP contribution is -2.33. The van der Waals surface area contributed by atoms with Gasteiger partial charge in [0.1, 0.15) is 28.9 Å². The van der Waals surface area contributed by atoms with Gasteiger partial charge in [-0.15, -0.1) is 0 Å². The van der Waals surface area contributed by atoms with Crippen LogP contribution in [-0.4, -0.2) is 13.3 Å². The average molecular weight is 349 g/mol. The van der Waals surface area contributed by atoms with E-state index >= 15 is 0 Å². The van der Waals surface area contributed by atoms with Gasteiger partial charge in [0.15, 0.2) is 0 Å². The highest BCUT2D eigenvalue weighted by atomic mass is 31.2. The van der Waals surface area contributed by atoms with Crippen LogP contribution in [0.5, 0.6) is 5.75 Å². The van der Waals surface area contributed by atoms with Gasteiger partial charge in [0, 0.05) is 6.07 Å². The zero-order chi connectivity index (χ0) is 17.5. The van der Waals surface area contributed by atoms with Crippen molar-refractivity contribution in [1.29, 1.82) is 0 Å². The van der Waals surface area contributed by atoms with Crippen LogP contribution in [0, 0.1) is 0 Å². The van der Waals surface area contributed by atoms with Crippen LogP contribution in [0.2, 0.25) is 0 Å². The number of unbranched alkanes of at least 4 members (excludes halogenated alkanes) is 1. The number of methoxy groups -OCH3 is 1. The molecule has 0 fully saturated rings. The van der Waals surface area contributed by atoms with E-state index in [9.17, 15) is 0 Å². The minimum Gasteiger partial charge on any atom is -0.497 e. The molecule has 3 aromatic carbocycles. The number of hydrogen-bond acceptors (Lipinski definition) is 1. The largest absolute Gasteiger partial charge is 0.497 e. The molecule has 0 aliphatic carbocycles. The first-order valence-corrected chi connectivity index (χ1v) is 10.9. The van der Waals surface area contributed by atoms with E-state index in [1.807, 2.05) is 6.07 Å². The standard InChI is InChI=1S/C23H26OP/c1-3-4-18-25(21-13-7-5-8-14-21,22-15-9-6-10-16-22)23-17-11-12-20(19-23)24-2/h5-17,19H,3-4,18H2,1-2H3/q+1. The maximum atomic E-state index is 5.54. The van der Waals surface area contributed by atoms with E-state index in [2.05, 4.69) is 85.8 Å². The molecule has 0 aliphatic rings. The fourth-order valence-electron chi connectivity index (χ4n) is 3.44. The van der Waals surface area contributed by atoms with E-state index in [0.717, 1.165) is 5.75 Å². The third kappa shape index (κ3) is 3.62. The first-order valence-electron chi connectivity index (χ1n) is 8.95. The van der Waals surface area contributed by atoms with Crippen molar-refractivity contribution >= 4 is 23.2 Å². The average Bonchev–Trinajstić information content (AvgIpc) is 2.70. The molecule has 25 heavy (non-hydrogen) atoms. The molecule has 0 saturated heterocycles. The number of rotatable bonds is 7. The van der Waals surface area contributed by atoms with Crippen molar-refractivity contribution in [2.24, 2.45) is 0 Å². The van der Waals surface area contributed by atoms with Crippen LogP contribution in [0.1, 0.15) is 19.8 Å². The smallest absolute Gasteiger partial charge is 0.122 e. The van der Waals surface area contributed by atoms with Crippen molar-refractivity contribution < 1.29 is 4.74 Å². The number of hydrogen-bond donors (Lipinski definition) is 0. The van der Waals surface area contributed by atoms with Crippen LogP contribution in [0.3, 0.4) is 0 Å². The van der Waals surface area contributed by atoms with Crippen molar-refractivity contribution in [2.75, 3.05) is 13.3 Å². The second-order valence-corrected chi connectivity index (χ2v) is 9.88. The Hall–Kier alpha value is -2.11. The summed E-state index contributed by atoms with van der Waals surface area (Å²) >= 11 is 0. The highest BCUT2D eigenvalue weighted by Crippen LogP contribution is 2.56. The van der Waals surface area contributed by atoms with Crippen LogP contribution in [0.4, 0.5) is 0 Å². The first-order chi connectivity index (χ1) is 12.3. The Kier molecular flexibility index (Phi) is 5.89.